The molecule has 3 heteroatoms. The van der Waals surface area contributed by atoms with Crippen LogP contribution in [0.2, 0.25) is 0 Å². The maximum absolute atomic E-state index is 11.2. The highest BCUT2D eigenvalue weighted by Gasteiger charge is 2.22. The van der Waals surface area contributed by atoms with Gasteiger partial charge in [-0.1, -0.05) is 24.3 Å². The molecular weight excluding hydrogens is 214 g/mol. The Labute approximate surface area is 103 Å². The highest BCUT2D eigenvalue weighted by atomic mass is 16.5. The van der Waals surface area contributed by atoms with E-state index in [0.29, 0.717) is 25.0 Å². The lowest BCUT2D eigenvalue weighted by Gasteiger charge is -2.12. The van der Waals surface area contributed by atoms with E-state index in [1.165, 1.54) is 25.7 Å². The molecule has 0 aromatic heterocycles. The Morgan fingerprint density at radius 2 is 2.24 bits per heavy atom. The van der Waals surface area contributed by atoms with Crippen LogP contribution in [0.3, 0.4) is 0 Å². The van der Waals surface area contributed by atoms with Crippen LogP contribution in [0.25, 0.3) is 0 Å². The van der Waals surface area contributed by atoms with E-state index in [9.17, 15) is 4.79 Å². The Hall–Kier alpha value is -1.25. The van der Waals surface area contributed by atoms with E-state index in [2.05, 4.69) is 23.5 Å². The Kier molecular flexibility index (Phi) is 4.65. The molecule has 1 unspecified atom stereocenters. The van der Waals surface area contributed by atoms with E-state index in [-0.39, 0.29) is 6.09 Å². The molecule has 1 amide bonds. The first-order valence-electron chi connectivity index (χ1n) is 6.57. The second kappa shape index (κ2) is 6.48. The van der Waals surface area contributed by atoms with Crippen molar-refractivity contribution in [3.8, 4) is 0 Å². The van der Waals surface area contributed by atoms with Gasteiger partial charge in [-0.15, -0.1) is 0 Å². The normalized spacial score (nSPS) is 23.9. The third kappa shape index (κ3) is 5.07. The third-order valence-corrected chi connectivity index (χ3v) is 3.23. The fourth-order valence-corrected chi connectivity index (χ4v) is 1.92. The Balaban J connectivity index is 1.53. The predicted octanol–water partition coefficient (Wildman–Crippen LogP) is 3.04. The van der Waals surface area contributed by atoms with Gasteiger partial charge in [0.2, 0.25) is 0 Å². The molecule has 0 spiro atoms. The topological polar surface area (TPSA) is 38.3 Å². The van der Waals surface area contributed by atoms with Crippen molar-refractivity contribution in [2.75, 3.05) is 13.2 Å². The lowest BCUT2D eigenvalue weighted by atomic mass is 9.94. The second-order valence-electron chi connectivity index (χ2n) is 4.90. The molecule has 2 rings (SSSR count). The van der Waals surface area contributed by atoms with Crippen LogP contribution in [-0.2, 0) is 4.74 Å². The van der Waals surface area contributed by atoms with Gasteiger partial charge in [0.05, 0.1) is 6.61 Å². The Morgan fingerprint density at radius 3 is 2.94 bits per heavy atom. The van der Waals surface area contributed by atoms with Crippen LogP contribution in [0.15, 0.2) is 24.3 Å². The standard InChI is InChI=1S/C14H21NO2/c16-14(17-11-13-8-9-13)15-10-4-7-12-5-2-1-3-6-12/h1-2,4,7,12-13H,3,5-6,8-11H2,(H,15,16). The van der Waals surface area contributed by atoms with E-state index in [4.69, 9.17) is 4.74 Å². The summed E-state index contributed by atoms with van der Waals surface area (Å²) >= 11 is 0. The summed E-state index contributed by atoms with van der Waals surface area (Å²) in [6.07, 6.45) is 14.4. The molecule has 0 saturated heterocycles. The maximum atomic E-state index is 11.2. The van der Waals surface area contributed by atoms with Gasteiger partial charge >= 0.3 is 6.09 Å². The summed E-state index contributed by atoms with van der Waals surface area (Å²) in [7, 11) is 0. The lowest BCUT2D eigenvalue weighted by molar-refractivity contribution is 0.142. The molecule has 1 atom stereocenters. The number of allylic oxidation sites excluding steroid dienone is 3. The summed E-state index contributed by atoms with van der Waals surface area (Å²) in [5, 5.41) is 2.74. The van der Waals surface area contributed by atoms with Crippen molar-refractivity contribution in [2.45, 2.75) is 32.1 Å². The maximum Gasteiger partial charge on any atom is 0.407 e. The minimum Gasteiger partial charge on any atom is -0.449 e. The van der Waals surface area contributed by atoms with Gasteiger partial charge in [0, 0.05) is 6.54 Å². The van der Waals surface area contributed by atoms with Gasteiger partial charge in [0.25, 0.3) is 0 Å². The van der Waals surface area contributed by atoms with Crippen LogP contribution in [0.4, 0.5) is 4.79 Å². The van der Waals surface area contributed by atoms with Crippen LogP contribution < -0.4 is 5.32 Å². The molecular formula is C14H21NO2. The molecule has 0 aromatic rings. The summed E-state index contributed by atoms with van der Waals surface area (Å²) in [6, 6.07) is 0. The molecule has 0 heterocycles. The van der Waals surface area contributed by atoms with Crippen molar-refractivity contribution in [1.82, 2.24) is 5.32 Å². The zero-order valence-electron chi connectivity index (χ0n) is 10.2. The first-order chi connectivity index (χ1) is 8.34. The summed E-state index contributed by atoms with van der Waals surface area (Å²) in [5.74, 6) is 1.27. The zero-order valence-corrected chi connectivity index (χ0v) is 10.2. The number of alkyl carbamates (subject to hydrolysis) is 1. The molecule has 1 saturated carbocycles. The van der Waals surface area contributed by atoms with Crippen molar-refractivity contribution in [2.24, 2.45) is 11.8 Å². The van der Waals surface area contributed by atoms with Crippen molar-refractivity contribution in [3.63, 3.8) is 0 Å². The summed E-state index contributed by atoms with van der Waals surface area (Å²) in [4.78, 5) is 11.2. The van der Waals surface area contributed by atoms with E-state index in [1.54, 1.807) is 0 Å². The van der Waals surface area contributed by atoms with Gasteiger partial charge in [-0.05, 0) is 43.9 Å². The molecule has 0 aromatic carbocycles. The van der Waals surface area contributed by atoms with E-state index >= 15 is 0 Å². The van der Waals surface area contributed by atoms with E-state index in [1.807, 2.05) is 6.08 Å². The molecule has 0 bridgehead atoms. The number of amides is 1. The second-order valence-corrected chi connectivity index (χ2v) is 4.90. The monoisotopic (exact) mass is 235 g/mol. The van der Waals surface area contributed by atoms with Crippen molar-refractivity contribution in [3.05, 3.63) is 24.3 Å². The highest BCUT2D eigenvalue weighted by Crippen LogP contribution is 2.28. The van der Waals surface area contributed by atoms with Crippen molar-refractivity contribution in [1.29, 1.82) is 0 Å². The Morgan fingerprint density at radius 1 is 1.35 bits per heavy atom. The fourth-order valence-electron chi connectivity index (χ4n) is 1.92. The van der Waals surface area contributed by atoms with Gasteiger partial charge in [-0.25, -0.2) is 4.79 Å². The quantitative estimate of drug-likeness (QED) is 0.744. The van der Waals surface area contributed by atoms with Crippen molar-refractivity contribution >= 4 is 6.09 Å². The van der Waals surface area contributed by atoms with Crippen LogP contribution >= 0.6 is 0 Å². The largest absolute Gasteiger partial charge is 0.449 e. The molecule has 0 aliphatic heterocycles. The highest BCUT2D eigenvalue weighted by molar-refractivity contribution is 5.67. The number of carbonyl (C=O) groups excluding carboxylic acids is 1. The van der Waals surface area contributed by atoms with Crippen molar-refractivity contribution < 1.29 is 9.53 Å². The van der Waals surface area contributed by atoms with Crippen LogP contribution in [-0.4, -0.2) is 19.2 Å². The number of hydrogen-bond donors (Lipinski definition) is 1. The molecule has 2 aliphatic carbocycles. The van der Waals surface area contributed by atoms with Gasteiger partial charge in [-0.2, -0.15) is 0 Å². The molecule has 0 radical (unpaired) electrons. The summed E-state index contributed by atoms with van der Waals surface area (Å²) < 4.78 is 5.06. The average Bonchev–Trinajstić information content (AvgIpc) is 3.17. The zero-order chi connectivity index (χ0) is 11.9. The third-order valence-electron chi connectivity index (χ3n) is 3.23. The number of nitrogens with one attached hydrogen (secondary N) is 1. The van der Waals surface area contributed by atoms with E-state index < -0.39 is 0 Å². The van der Waals surface area contributed by atoms with Crippen LogP contribution in [0, 0.1) is 11.8 Å². The molecule has 94 valence electrons. The fraction of sp³-hybridized carbons (Fsp3) is 0.643. The number of hydrogen-bond acceptors (Lipinski definition) is 2. The Bertz CT molecular complexity index is 305. The molecule has 1 fully saturated rings. The lowest BCUT2D eigenvalue weighted by Crippen LogP contribution is -2.25. The smallest absolute Gasteiger partial charge is 0.407 e. The number of rotatable bonds is 5. The first kappa shape index (κ1) is 12.2. The molecule has 3 nitrogen and oxygen atoms in total. The summed E-state index contributed by atoms with van der Waals surface area (Å²) in [6.45, 7) is 1.16. The van der Waals surface area contributed by atoms with Crippen LogP contribution in [0.5, 0.6) is 0 Å². The number of carbonyl (C=O) groups is 1. The van der Waals surface area contributed by atoms with Gasteiger partial charge < -0.3 is 10.1 Å². The minimum absolute atomic E-state index is 0.287. The van der Waals surface area contributed by atoms with Crippen LogP contribution in [0.1, 0.15) is 32.1 Å². The molecule has 17 heavy (non-hydrogen) atoms. The predicted molar refractivity (Wildman–Crippen MR) is 67.7 cm³/mol. The summed E-state index contributed by atoms with van der Waals surface area (Å²) in [5.41, 5.74) is 0. The minimum atomic E-state index is -0.287. The SMILES string of the molecule is O=C(NCC=CC1CC=CCC1)OCC1CC1. The van der Waals surface area contributed by atoms with Gasteiger partial charge in [-0.3, -0.25) is 0 Å². The molecule has 1 N–H and O–H groups in total. The van der Waals surface area contributed by atoms with E-state index in [0.717, 1.165) is 6.42 Å². The first-order valence-corrected chi connectivity index (χ1v) is 6.57. The average molecular weight is 235 g/mol. The van der Waals surface area contributed by atoms with Gasteiger partial charge in [0.1, 0.15) is 0 Å². The van der Waals surface area contributed by atoms with Gasteiger partial charge in [0.15, 0.2) is 0 Å². The number of ether oxygens (including phenoxy) is 1. The molecule has 2 aliphatic rings.